The van der Waals surface area contributed by atoms with Crippen LogP contribution in [0, 0.1) is 17.3 Å². The van der Waals surface area contributed by atoms with Gasteiger partial charge in [0.2, 0.25) is 0 Å². The van der Waals surface area contributed by atoms with Crippen molar-refractivity contribution < 1.29 is 5.11 Å². The van der Waals surface area contributed by atoms with Crippen LogP contribution in [-0.2, 0) is 0 Å². The molecule has 1 fully saturated rings. The molecule has 1 N–H and O–H groups in total. The molecule has 0 aromatic rings. The van der Waals surface area contributed by atoms with Gasteiger partial charge in [-0.3, -0.25) is 0 Å². The van der Waals surface area contributed by atoms with Gasteiger partial charge in [0.25, 0.3) is 0 Å². The van der Waals surface area contributed by atoms with E-state index in [1.165, 1.54) is 18.4 Å². The van der Waals surface area contributed by atoms with Gasteiger partial charge in [-0.25, -0.2) is 0 Å². The molecule has 2 aliphatic rings. The van der Waals surface area contributed by atoms with Crippen molar-refractivity contribution in [1.29, 1.82) is 0 Å². The van der Waals surface area contributed by atoms with Crippen molar-refractivity contribution in [2.24, 2.45) is 17.3 Å². The molecule has 0 amide bonds. The van der Waals surface area contributed by atoms with Gasteiger partial charge in [-0.05, 0) is 35.7 Å². The van der Waals surface area contributed by atoms with E-state index in [0.717, 1.165) is 11.8 Å². The zero-order chi connectivity index (χ0) is 8.06. The smallest absolute Gasteiger partial charge is 0.0644 e. The largest absolute Gasteiger partial charge is 0.392 e. The fourth-order valence-electron chi connectivity index (χ4n) is 2.56. The van der Waals surface area contributed by atoms with Crippen LogP contribution in [0.4, 0.5) is 0 Å². The van der Waals surface area contributed by atoms with Crippen molar-refractivity contribution >= 4 is 0 Å². The highest BCUT2D eigenvalue weighted by Crippen LogP contribution is 2.67. The first-order valence-corrected chi connectivity index (χ1v) is 4.50. The van der Waals surface area contributed by atoms with Crippen molar-refractivity contribution in [1.82, 2.24) is 0 Å². The Morgan fingerprint density at radius 2 is 2.45 bits per heavy atom. The number of hydrogen-bond acceptors (Lipinski definition) is 1. The summed E-state index contributed by atoms with van der Waals surface area (Å²) in [5.74, 6) is 1.53. The van der Waals surface area contributed by atoms with Gasteiger partial charge in [-0.15, -0.1) is 0 Å². The maximum atomic E-state index is 8.99. The minimum atomic E-state index is 0.291. The highest BCUT2D eigenvalue weighted by Gasteiger charge is 2.59. The standard InChI is InChI=1S/C10H16O/c1-7(2)10-4-3-8(6-11)9(10)5-10/h3,7,9,11H,4-6H2,1-2H3/t9-,10-/m0/s1. The van der Waals surface area contributed by atoms with E-state index < -0.39 is 0 Å². The van der Waals surface area contributed by atoms with Crippen LogP contribution >= 0.6 is 0 Å². The first-order chi connectivity index (χ1) is 5.20. The van der Waals surface area contributed by atoms with Crippen LogP contribution < -0.4 is 0 Å². The summed E-state index contributed by atoms with van der Waals surface area (Å²) in [4.78, 5) is 0. The molecule has 1 heteroatoms. The highest BCUT2D eigenvalue weighted by molar-refractivity contribution is 5.30. The Morgan fingerprint density at radius 1 is 1.73 bits per heavy atom. The van der Waals surface area contributed by atoms with E-state index in [1.807, 2.05) is 0 Å². The van der Waals surface area contributed by atoms with Crippen molar-refractivity contribution in [2.45, 2.75) is 26.7 Å². The quantitative estimate of drug-likeness (QED) is 0.600. The lowest BCUT2D eigenvalue weighted by atomic mass is 9.89. The second kappa shape index (κ2) is 2.10. The molecule has 0 bridgehead atoms. The number of allylic oxidation sites excluding steroid dienone is 1. The van der Waals surface area contributed by atoms with Gasteiger partial charge in [-0.1, -0.05) is 19.9 Å². The van der Waals surface area contributed by atoms with Crippen molar-refractivity contribution in [3.05, 3.63) is 11.6 Å². The third-order valence-electron chi connectivity index (χ3n) is 3.64. The van der Waals surface area contributed by atoms with E-state index in [2.05, 4.69) is 19.9 Å². The second-order valence-electron chi connectivity index (χ2n) is 4.29. The summed E-state index contributed by atoms with van der Waals surface area (Å²) in [5, 5.41) is 8.99. The number of aliphatic hydroxyl groups excluding tert-OH is 1. The third kappa shape index (κ3) is 0.807. The van der Waals surface area contributed by atoms with Crippen molar-refractivity contribution in [3.63, 3.8) is 0 Å². The predicted octanol–water partition coefficient (Wildman–Crippen LogP) is 1.97. The second-order valence-corrected chi connectivity index (χ2v) is 4.29. The van der Waals surface area contributed by atoms with Crippen LogP contribution in [0.3, 0.4) is 0 Å². The van der Waals surface area contributed by atoms with E-state index in [-0.39, 0.29) is 0 Å². The topological polar surface area (TPSA) is 20.2 Å². The first-order valence-electron chi connectivity index (χ1n) is 4.50. The van der Waals surface area contributed by atoms with Gasteiger partial charge in [0.05, 0.1) is 6.61 Å². The van der Waals surface area contributed by atoms with Crippen LogP contribution in [0.5, 0.6) is 0 Å². The molecular formula is C10H16O. The molecule has 2 atom stereocenters. The Morgan fingerprint density at radius 3 is 2.73 bits per heavy atom. The van der Waals surface area contributed by atoms with Gasteiger partial charge >= 0.3 is 0 Å². The Labute approximate surface area is 68.1 Å². The predicted molar refractivity (Wildman–Crippen MR) is 45.2 cm³/mol. The normalized spacial score (nSPS) is 40.7. The Bertz CT molecular complexity index is 205. The number of aliphatic hydroxyl groups is 1. The zero-order valence-electron chi connectivity index (χ0n) is 7.30. The molecule has 0 radical (unpaired) electrons. The fraction of sp³-hybridized carbons (Fsp3) is 0.800. The summed E-state index contributed by atoms with van der Waals surface area (Å²) in [6.45, 7) is 4.89. The molecule has 0 unspecified atom stereocenters. The number of fused-ring (bicyclic) bond motifs is 1. The molecule has 0 aromatic carbocycles. The molecule has 2 aliphatic carbocycles. The Hall–Kier alpha value is -0.300. The third-order valence-corrected chi connectivity index (χ3v) is 3.64. The SMILES string of the molecule is CC(C)[C@@]12CC=C(CO)[C@@H]1C2. The lowest BCUT2D eigenvalue weighted by Gasteiger charge is -2.15. The summed E-state index contributed by atoms with van der Waals surface area (Å²) in [6.07, 6.45) is 4.79. The lowest BCUT2D eigenvalue weighted by molar-refractivity contribution is 0.313. The van der Waals surface area contributed by atoms with E-state index in [4.69, 9.17) is 5.11 Å². The fourth-order valence-corrected chi connectivity index (χ4v) is 2.56. The summed E-state index contributed by atoms with van der Waals surface area (Å²) in [5.41, 5.74) is 1.89. The molecule has 0 saturated heterocycles. The molecular weight excluding hydrogens is 136 g/mol. The van der Waals surface area contributed by atoms with Crippen molar-refractivity contribution in [3.8, 4) is 0 Å². The van der Waals surface area contributed by atoms with Crippen molar-refractivity contribution in [2.75, 3.05) is 6.61 Å². The van der Waals surface area contributed by atoms with Gasteiger partial charge in [0.1, 0.15) is 0 Å². The maximum absolute atomic E-state index is 8.99. The van der Waals surface area contributed by atoms with Crippen LogP contribution in [0.1, 0.15) is 26.7 Å². The molecule has 2 rings (SSSR count). The average Bonchev–Trinajstić information content (AvgIpc) is 2.61. The molecule has 1 saturated carbocycles. The molecule has 62 valence electrons. The molecule has 0 spiro atoms. The van der Waals surface area contributed by atoms with Gasteiger partial charge in [-0.2, -0.15) is 0 Å². The van der Waals surface area contributed by atoms with E-state index >= 15 is 0 Å². The zero-order valence-corrected chi connectivity index (χ0v) is 7.30. The summed E-state index contributed by atoms with van der Waals surface area (Å²) in [7, 11) is 0. The van der Waals surface area contributed by atoms with E-state index in [1.54, 1.807) is 0 Å². The summed E-state index contributed by atoms with van der Waals surface area (Å²) < 4.78 is 0. The minimum absolute atomic E-state index is 0.291. The minimum Gasteiger partial charge on any atom is -0.392 e. The molecule has 11 heavy (non-hydrogen) atoms. The van der Waals surface area contributed by atoms with Gasteiger partial charge in [0, 0.05) is 0 Å². The van der Waals surface area contributed by atoms with E-state index in [0.29, 0.717) is 12.0 Å². The summed E-state index contributed by atoms with van der Waals surface area (Å²) in [6, 6.07) is 0. The van der Waals surface area contributed by atoms with Crippen LogP contribution in [-0.4, -0.2) is 11.7 Å². The average molecular weight is 152 g/mol. The maximum Gasteiger partial charge on any atom is 0.0644 e. The summed E-state index contributed by atoms with van der Waals surface area (Å²) >= 11 is 0. The number of hydrogen-bond donors (Lipinski definition) is 1. The van der Waals surface area contributed by atoms with Crippen LogP contribution in [0.15, 0.2) is 11.6 Å². The van der Waals surface area contributed by atoms with E-state index in [9.17, 15) is 0 Å². The van der Waals surface area contributed by atoms with Crippen LogP contribution in [0.2, 0.25) is 0 Å². The first kappa shape index (κ1) is 7.35. The Kier molecular flexibility index (Phi) is 1.40. The Balaban J connectivity index is 2.11. The van der Waals surface area contributed by atoms with Crippen LogP contribution in [0.25, 0.3) is 0 Å². The highest BCUT2D eigenvalue weighted by atomic mass is 16.3. The van der Waals surface area contributed by atoms with Gasteiger partial charge in [0.15, 0.2) is 0 Å². The monoisotopic (exact) mass is 152 g/mol. The number of rotatable bonds is 2. The molecule has 1 nitrogen and oxygen atoms in total. The molecule has 0 aliphatic heterocycles. The molecule has 0 aromatic heterocycles. The van der Waals surface area contributed by atoms with Gasteiger partial charge < -0.3 is 5.11 Å². The molecule has 0 heterocycles. The lowest BCUT2D eigenvalue weighted by Crippen LogP contribution is -2.08.